The van der Waals surface area contributed by atoms with Crippen molar-refractivity contribution in [2.24, 2.45) is 0 Å². The molecular formula is C27H21N3S. The number of rotatable bonds is 0. The van der Waals surface area contributed by atoms with Gasteiger partial charge in [-0.25, -0.2) is 0 Å². The van der Waals surface area contributed by atoms with Gasteiger partial charge in [0, 0.05) is 41.2 Å². The van der Waals surface area contributed by atoms with Crippen LogP contribution >= 0.6 is 11.3 Å². The number of pyridine rings is 2. The van der Waals surface area contributed by atoms with Crippen LogP contribution in [0, 0.1) is 0 Å². The fraction of sp³-hybridized carbons (Fsp3) is 0.111. The molecule has 6 rings (SSSR count). The Balaban J connectivity index is 1.50. The van der Waals surface area contributed by atoms with Gasteiger partial charge < -0.3 is 5.32 Å². The van der Waals surface area contributed by atoms with Gasteiger partial charge in [0.2, 0.25) is 0 Å². The molecule has 1 aliphatic heterocycles. The predicted octanol–water partition coefficient (Wildman–Crippen LogP) is 6.22. The normalized spacial score (nSPS) is 13.3. The SMILES string of the molecule is c1cc2cc(c1)-c1cccc(n1)Cc1cccc(n1)-c1cc3c(cccc3s1)CNC2. The monoisotopic (exact) mass is 419 g/mol. The summed E-state index contributed by atoms with van der Waals surface area (Å²) < 4.78 is 1.30. The summed E-state index contributed by atoms with van der Waals surface area (Å²) in [6, 6.07) is 30.1. The van der Waals surface area contributed by atoms with Crippen molar-refractivity contribution in [3.8, 4) is 21.8 Å². The first-order chi connectivity index (χ1) is 15.3. The van der Waals surface area contributed by atoms with Crippen molar-refractivity contribution >= 4 is 21.4 Å². The number of hydrogen-bond acceptors (Lipinski definition) is 4. The molecule has 150 valence electrons. The standard InChI is InChI=1S/C27H21N3S/c1-5-18-13-19(6-1)24-10-3-8-21(29-24)14-22-9-4-11-25(30-22)27-15-23-20(17-28-16-18)7-2-12-26(23)31-27/h1-13,15,28H,14,16-17H2. The van der Waals surface area contributed by atoms with E-state index in [9.17, 15) is 0 Å². The minimum atomic E-state index is 0.721. The molecule has 3 aromatic heterocycles. The van der Waals surface area contributed by atoms with Crippen LogP contribution in [0.5, 0.6) is 0 Å². The Hall–Kier alpha value is -3.34. The van der Waals surface area contributed by atoms with Crippen LogP contribution in [0.4, 0.5) is 0 Å². The average Bonchev–Trinajstić information content (AvgIpc) is 3.25. The van der Waals surface area contributed by atoms with Gasteiger partial charge in [-0.15, -0.1) is 11.3 Å². The van der Waals surface area contributed by atoms with Crippen LogP contribution in [-0.4, -0.2) is 9.97 Å². The highest BCUT2D eigenvalue weighted by molar-refractivity contribution is 7.22. The Bertz CT molecular complexity index is 1400. The van der Waals surface area contributed by atoms with Crippen LogP contribution in [0.1, 0.15) is 22.5 Å². The molecule has 4 heteroatoms. The average molecular weight is 420 g/mol. The first-order valence-corrected chi connectivity index (χ1v) is 11.4. The van der Waals surface area contributed by atoms with Crippen LogP contribution in [0.2, 0.25) is 0 Å². The number of benzene rings is 2. The molecule has 0 saturated heterocycles. The third kappa shape index (κ3) is 3.65. The van der Waals surface area contributed by atoms with Gasteiger partial charge in [-0.2, -0.15) is 0 Å². The van der Waals surface area contributed by atoms with Crippen LogP contribution in [-0.2, 0) is 19.5 Å². The summed E-state index contributed by atoms with van der Waals surface area (Å²) in [7, 11) is 0. The van der Waals surface area contributed by atoms with E-state index in [1.807, 2.05) is 11.3 Å². The lowest BCUT2D eigenvalue weighted by atomic mass is 10.1. The zero-order valence-electron chi connectivity index (χ0n) is 17.0. The van der Waals surface area contributed by atoms with Gasteiger partial charge in [-0.05, 0) is 59.0 Å². The molecule has 0 amide bonds. The third-order valence-electron chi connectivity index (χ3n) is 5.75. The Morgan fingerprint density at radius 3 is 2.39 bits per heavy atom. The first-order valence-electron chi connectivity index (χ1n) is 10.6. The third-order valence-corrected chi connectivity index (χ3v) is 6.87. The van der Waals surface area contributed by atoms with Crippen LogP contribution in [0.15, 0.2) is 84.9 Å². The van der Waals surface area contributed by atoms with Gasteiger partial charge >= 0.3 is 0 Å². The van der Waals surface area contributed by atoms with E-state index in [2.05, 4.69) is 90.2 Å². The number of aromatic nitrogens is 2. The molecule has 0 fully saturated rings. The Labute approximate surface area is 185 Å². The highest BCUT2D eigenvalue weighted by Crippen LogP contribution is 2.34. The second-order valence-corrected chi connectivity index (χ2v) is 9.03. The maximum absolute atomic E-state index is 4.98. The van der Waals surface area contributed by atoms with E-state index in [1.54, 1.807) is 0 Å². The molecule has 2 aromatic carbocycles. The van der Waals surface area contributed by atoms with E-state index in [0.29, 0.717) is 0 Å². The summed E-state index contributed by atoms with van der Waals surface area (Å²) >= 11 is 1.81. The lowest BCUT2D eigenvalue weighted by Gasteiger charge is -2.09. The summed E-state index contributed by atoms with van der Waals surface area (Å²) in [4.78, 5) is 11.1. The van der Waals surface area contributed by atoms with E-state index in [0.717, 1.165) is 47.8 Å². The van der Waals surface area contributed by atoms with E-state index >= 15 is 0 Å². The fourth-order valence-electron chi connectivity index (χ4n) is 4.22. The van der Waals surface area contributed by atoms with Crippen LogP contribution in [0.25, 0.3) is 31.9 Å². The van der Waals surface area contributed by atoms with E-state index in [1.165, 1.54) is 26.1 Å². The number of hydrogen-bond donors (Lipinski definition) is 1. The van der Waals surface area contributed by atoms with Crippen molar-refractivity contribution in [2.75, 3.05) is 0 Å². The number of thiophene rings is 1. The van der Waals surface area contributed by atoms with Gasteiger partial charge in [0.05, 0.1) is 16.3 Å². The fourth-order valence-corrected chi connectivity index (χ4v) is 5.30. The molecule has 4 heterocycles. The van der Waals surface area contributed by atoms with E-state index in [-0.39, 0.29) is 0 Å². The Kier molecular flexibility index (Phi) is 4.59. The minimum absolute atomic E-state index is 0.721. The molecule has 1 N–H and O–H groups in total. The summed E-state index contributed by atoms with van der Waals surface area (Å²) in [6.07, 6.45) is 0.721. The first kappa shape index (κ1) is 18.4. The lowest BCUT2D eigenvalue weighted by Crippen LogP contribution is -2.12. The summed E-state index contributed by atoms with van der Waals surface area (Å²) in [5.41, 5.74) is 7.85. The van der Waals surface area contributed by atoms with Gasteiger partial charge in [0.1, 0.15) is 0 Å². The van der Waals surface area contributed by atoms with Crippen LogP contribution < -0.4 is 5.32 Å². The smallest absolute Gasteiger partial charge is 0.0805 e. The van der Waals surface area contributed by atoms with Gasteiger partial charge in [-0.1, -0.05) is 42.5 Å². The van der Waals surface area contributed by atoms with Gasteiger partial charge in [-0.3, -0.25) is 9.97 Å². The van der Waals surface area contributed by atoms with Gasteiger partial charge in [0.25, 0.3) is 0 Å². The van der Waals surface area contributed by atoms with Crippen molar-refractivity contribution in [1.82, 2.24) is 15.3 Å². The van der Waals surface area contributed by atoms with Crippen molar-refractivity contribution in [1.29, 1.82) is 0 Å². The largest absolute Gasteiger partial charge is 0.309 e. The van der Waals surface area contributed by atoms with Crippen molar-refractivity contribution in [3.05, 3.63) is 107 Å². The number of nitrogens with one attached hydrogen (secondary N) is 1. The Morgan fingerprint density at radius 1 is 0.710 bits per heavy atom. The second-order valence-electron chi connectivity index (χ2n) is 7.95. The molecule has 1 aliphatic rings. The maximum atomic E-state index is 4.98. The molecule has 31 heavy (non-hydrogen) atoms. The summed E-state index contributed by atoms with van der Waals surface area (Å²) in [5, 5.41) is 4.94. The molecule has 0 aliphatic carbocycles. The maximum Gasteiger partial charge on any atom is 0.0805 e. The zero-order valence-corrected chi connectivity index (χ0v) is 17.8. The van der Waals surface area contributed by atoms with Crippen LogP contribution in [0.3, 0.4) is 0 Å². The topological polar surface area (TPSA) is 37.8 Å². The number of fused-ring (bicyclic) bond motifs is 9. The molecular weight excluding hydrogens is 398 g/mol. The molecule has 3 nitrogen and oxygen atoms in total. The van der Waals surface area contributed by atoms with E-state index < -0.39 is 0 Å². The highest BCUT2D eigenvalue weighted by atomic mass is 32.1. The second kappa shape index (κ2) is 7.73. The minimum Gasteiger partial charge on any atom is -0.309 e. The highest BCUT2D eigenvalue weighted by Gasteiger charge is 2.11. The molecule has 0 unspecified atom stereocenters. The zero-order chi connectivity index (χ0) is 20.6. The predicted molar refractivity (Wildman–Crippen MR) is 128 cm³/mol. The quantitative estimate of drug-likeness (QED) is 0.324. The van der Waals surface area contributed by atoms with Crippen molar-refractivity contribution < 1.29 is 0 Å². The molecule has 5 aromatic rings. The molecule has 0 atom stereocenters. The lowest BCUT2D eigenvalue weighted by molar-refractivity contribution is 0.697. The number of nitrogens with zero attached hydrogens (tertiary/aromatic N) is 2. The van der Waals surface area contributed by atoms with Gasteiger partial charge in [0.15, 0.2) is 0 Å². The molecule has 0 saturated carbocycles. The van der Waals surface area contributed by atoms with Crippen molar-refractivity contribution in [2.45, 2.75) is 19.5 Å². The van der Waals surface area contributed by atoms with Crippen molar-refractivity contribution in [3.63, 3.8) is 0 Å². The summed E-state index contributed by atoms with van der Waals surface area (Å²) in [5.74, 6) is 0. The Morgan fingerprint density at radius 2 is 1.48 bits per heavy atom. The molecule has 0 spiro atoms. The summed E-state index contributed by atoms with van der Waals surface area (Å²) in [6.45, 7) is 1.65. The van der Waals surface area contributed by atoms with E-state index in [4.69, 9.17) is 9.97 Å². The molecule has 8 bridgehead atoms. The molecule has 0 radical (unpaired) electrons.